The number of amides is 2. The Kier molecular flexibility index (Phi) is 5.58. The Bertz CT molecular complexity index is 922. The molecule has 2 N–H and O–H groups in total. The molecule has 2 aromatic rings. The third-order valence-corrected chi connectivity index (χ3v) is 4.51. The lowest BCUT2D eigenvalue weighted by Gasteiger charge is -2.17. The Labute approximate surface area is 162 Å². The minimum Gasteiger partial charge on any atom is -0.377 e. The molecule has 0 heterocycles. The number of hydrogen-bond donors (Lipinski definition) is 2. The van der Waals surface area contributed by atoms with Gasteiger partial charge in [0.1, 0.15) is 0 Å². The number of nitrogens with zero attached hydrogens (tertiary/aromatic N) is 2. The van der Waals surface area contributed by atoms with Crippen LogP contribution >= 0.6 is 0 Å². The molecule has 28 heavy (non-hydrogen) atoms. The maximum absolute atomic E-state index is 12.6. The second kappa shape index (κ2) is 8.08. The molecule has 8 heteroatoms. The number of nitrogens with one attached hydrogen (secondary N) is 2. The average Bonchev–Trinajstić information content (AvgIpc) is 3.51. The number of carbonyl (C=O) groups is 2. The highest BCUT2D eigenvalue weighted by Gasteiger charge is 2.29. The summed E-state index contributed by atoms with van der Waals surface area (Å²) in [4.78, 5) is 36.8. The first-order chi connectivity index (χ1) is 13.3. The van der Waals surface area contributed by atoms with E-state index in [4.69, 9.17) is 0 Å². The zero-order valence-electron chi connectivity index (χ0n) is 15.8. The molecule has 0 bridgehead atoms. The van der Waals surface area contributed by atoms with Crippen LogP contribution in [0, 0.1) is 16.0 Å². The highest BCUT2D eigenvalue weighted by Crippen LogP contribution is 2.30. The van der Waals surface area contributed by atoms with E-state index in [9.17, 15) is 19.7 Å². The van der Waals surface area contributed by atoms with Crippen LogP contribution in [-0.4, -0.2) is 30.8 Å². The Morgan fingerprint density at radius 2 is 1.93 bits per heavy atom. The fourth-order valence-electron chi connectivity index (χ4n) is 2.84. The molecule has 0 unspecified atom stereocenters. The van der Waals surface area contributed by atoms with Gasteiger partial charge in [-0.15, -0.1) is 0 Å². The van der Waals surface area contributed by atoms with Crippen LogP contribution < -0.4 is 15.5 Å². The van der Waals surface area contributed by atoms with Crippen molar-refractivity contribution in [3.63, 3.8) is 0 Å². The Morgan fingerprint density at radius 1 is 1.18 bits per heavy atom. The van der Waals surface area contributed by atoms with Crippen LogP contribution in [0.2, 0.25) is 0 Å². The molecular formula is C20H22N4O4. The third kappa shape index (κ3) is 4.64. The lowest BCUT2D eigenvalue weighted by molar-refractivity contribution is -0.384. The van der Waals surface area contributed by atoms with Crippen LogP contribution in [0.1, 0.15) is 28.8 Å². The summed E-state index contributed by atoms with van der Waals surface area (Å²) >= 11 is 0. The van der Waals surface area contributed by atoms with Crippen LogP contribution in [0.15, 0.2) is 42.5 Å². The largest absolute Gasteiger partial charge is 0.377 e. The SMILES string of the molecule is CN(C)c1ccc([N+](=O)[O-])cc1C(=O)NCc1cccc(NC(=O)C2CC2)c1. The predicted molar refractivity (Wildman–Crippen MR) is 106 cm³/mol. The maximum Gasteiger partial charge on any atom is 0.270 e. The lowest BCUT2D eigenvalue weighted by atomic mass is 10.1. The van der Waals surface area contributed by atoms with Crippen molar-refractivity contribution < 1.29 is 14.5 Å². The predicted octanol–water partition coefficient (Wildman–Crippen LogP) is 2.94. The zero-order chi connectivity index (χ0) is 20.3. The number of non-ortho nitro benzene ring substituents is 1. The first-order valence-electron chi connectivity index (χ1n) is 8.99. The normalized spacial score (nSPS) is 12.9. The number of nitro groups is 1. The molecule has 1 saturated carbocycles. The summed E-state index contributed by atoms with van der Waals surface area (Å²) in [5.74, 6) is -0.269. The summed E-state index contributed by atoms with van der Waals surface area (Å²) in [5, 5.41) is 16.7. The smallest absolute Gasteiger partial charge is 0.270 e. The molecule has 3 rings (SSSR count). The van der Waals surface area contributed by atoms with E-state index >= 15 is 0 Å². The second-order valence-corrected chi connectivity index (χ2v) is 7.00. The Balaban J connectivity index is 1.70. The van der Waals surface area contributed by atoms with Crippen molar-refractivity contribution in [2.24, 2.45) is 5.92 Å². The van der Waals surface area contributed by atoms with Gasteiger partial charge in [0.25, 0.3) is 11.6 Å². The lowest BCUT2D eigenvalue weighted by Crippen LogP contribution is -2.25. The van der Waals surface area contributed by atoms with Gasteiger partial charge in [0, 0.05) is 50.1 Å². The number of hydrogen-bond acceptors (Lipinski definition) is 5. The molecular weight excluding hydrogens is 360 g/mol. The molecule has 0 aromatic heterocycles. The molecule has 2 amide bonds. The average molecular weight is 382 g/mol. The highest BCUT2D eigenvalue weighted by molar-refractivity contribution is 6.00. The topological polar surface area (TPSA) is 105 Å². The van der Waals surface area contributed by atoms with Crippen LogP contribution in [-0.2, 0) is 11.3 Å². The van der Waals surface area contributed by atoms with Crippen LogP contribution in [0.3, 0.4) is 0 Å². The van der Waals surface area contributed by atoms with Crippen LogP contribution in [0.5, 0.6) is 0 Å². The quantitative estimate of drug-likeness (QED) is 0.566. The molecule has 0 aliphatic heterocycles. The standard InChI is InChI=1S/C20H22N4O4/c1-23(2)18-9-8-16(24(27)28)11-17(18)20(26)21-12-13-4-3-5-15(10-13)22-19(25)14-6-7-14/h3-5,8-11,14H,6-7,12H2,1-2H3,(H,21,26)(H,22,25). The van der Waals surface area contributed by atoms with Gasteiger partial charge in [0.2, 0.25) is 5.91 Å². The van der Waals surface area contributed by atoms with E-state index in [1.165, 1.54) is 12.1 Å². The number of benzene rings is 2. The summed E-state index contributed by atoms with van der Waals surface area (Å²) in [6, 6.07) is 11.5. The van der Waals surface area contributed by atoms with Gasteiger partial charge in [-0.1, -0.05) is 12.1 Å². The minimum absolute atomic E-state index is 0.0217. The fourth-order valence-corrected chi connectivity index (χ4v) is 2.84. The molecule has 0 atom stereocenters. The molecule has 0 spiro atoms. The van der Waals surface area contributed by atoms with E-state index in [0.717, 1.165) is 18.4 Å². The molecule has 1 fully saturated rings. The van der Waals surface area contributed by atoms with Gasteiger partial charge in [0.15, 0.2) is 0 Å². The molecule has 146 valence electrons. The number of rotatable bonds is 7. The summed E-state index contributed by atoms with van der Waals surface area (Å²) in [7, 11) is 3.54. The van der Waals surface area contributed by atoms with E-state index in [1.54, 1.807) is 37.2 Å². The van der Waals surface area contributed by atoms with E-state index < -0.39 is 10.8 Å². The van der Waals surface area contributed by atoms with Crippen molar-refractivity contribution in [1.29, 1.82) is 0 Å². The third-order valence-electron chi connectivity index (χ3n) is 4.51. The van der Waals surface area contributed by atoms with Crippen molar-refractivity contribution in [1.82, 2.24) is 5.32 Å². The molecule has 0 saturated heterocycles. The molecule has 1 aliphatic carbocycles. The maximum atomic E-state index is 12.6. The highest BCUT2D eigenvalue weighted by atomic mass is 16.6. The number of nitro benzene ring substituents is 1. The number of anilines is 2. The van der Waals surface area contributed by atoms with E-state index in [2.05, 4.69) is 10.6 Å². The number of carbonyl (C=O) groups excluding carboxylic acids is 2. The molecule has 1 aliphatic rings. The van der Waals surface area contributed by atoms with Crippen molar-refractivity contribution in [3.8, 4) is 0 Å². The fraction of sp³-hybridized carbons (Fsp3) is 0.300. The van der Waals surface area contributed by atoms with Crippen molar-refractivity contribution in [3.05, 3.63) is 63.7 Å². The van der Waals surface area contributed by atoms with Gasteiger partial charge in [0.05, 0.1) is 10.5 Å². The Hall–Kier alpha value is -3.42. The first kappa shape index (κ1) is 19.3. The van der Waals surface area contributed by atoms with Crippen molar-refractivity contribution in [2.45, 2.75) is 19.4 Å². The van der Waals surface area contributed by atoms with Gasteiger partial charge in [-0.3, -0.25) is 19.7 Å². The van der Waals surface area contributed by atoms with Gasteiger partial charge in [-0.05, 0) is 36.6 Å². The molecule has 8 nitrogen and oxygen atoms in total. The van der Waals surface area contributed by atoms with E-state index in [-0.39, 0.29) is 29.6 Å². The first-order valence-corrected chi connectivity index (χ1v) is 8.99. The summed E-state index contributed by atoms with van der Waals surface area (Å²) in [5.41, 5.74) is 2.19. The second-order valence-electron chi connectivity index (χ2n) is 7.00. The van der Waals surface area contributed by atoms with Gasteiger partial charge in [-0.2, -0.15) is 0 Å². The van der Waals surface area contributed by atoms with Gasteiger partial charge in [-0.25, -0.2) is 0 Å². The zero-order valence-corrected chi connectivity index (χ0v) is 15.8. The van der Waals surface area contributed by atoms with E-state index in [0.29, 0.717) is 11.4 Å². The monoisotopic (exact) mass is 382 g/mol. The van der Waals surface area contributed by atoms with Gasteiger partial charge < -0.3 is 15.5 Å². The molecule has 2 aromatic carbocycles. The molecule has 0 radical (unpaired) electrons. The van der Waals surface area contributed by atoms with E-state index in [1.807, 2.05) is 12.1 Å². The summed E-state index contributed by atoms with van der Waals surface area (Å²) in [6.45, 7) is 0.238. The van der Waals surface area contributed by atoms with Crippen molar-refractivity contribution in [2.75, 3.05) is 24.3 Å². The summed E-state index contributed by atoms with van der Waals surface area (Å²) < 4.78 is 0. The van der Waals surface area contributed by atoms with Crippen LogP contribution in [0.4, 0.5) is 17.1 Å². The Morgan fingerprint density at radius 3 is 2.57 bits per heavy atom. The minimum atomic E-state index is -0.526. The van der Waals surface area contributed by atoms with Crippen LogP contribution in [0.25, 0.3) is 0 Å². The van der Waals surface area contributed by atoms with Crippen molar-refractivity contribution >= 4 is 28.9 Å². The summed E-state index contributed by atoms with van der Waals surface area (Å²) in [6.07, 6.45) is 1.86. The van der Waals surface area contributed by atoms with Gasteiger partial charge >= 0.3 is 0 Å².